The van der Waals surface area contributed by atoms with E-state index in [9.17, 15) is 0 Å². The van der Waals surface area contributed by atoms with Gasteiger partial charge < -0.3 is 9.84 Å². The van der Waals surface area contributed by atoms with Crippen LogP contribution in [-0.2, 0) is 0 Å². The van der Waals surface area contributed by atoms with Crippen molar-refractivity contribution >= 4 is 0 Å². The van der Waals surface area contributed by atoms with Crippen LogP contribution in [0.25, 0.3) is 0 Å². The monoisotopic (exact) mass is 230 g/mol. The van der Waals surface area contributed by atoms with E-state index in [1.165, 1.54) is 11.1 Å². The van der Waals surface area contributed by atoms with Crippen molar-refractivity contribution in [1.29, 1.82) is 0 Å². The zero-order valence-corrected chi connectivity index (χ0v) is 10.5. The first kappa shape index (κ1) is 13.1. The molecule has 2 aromatic carbocycles. The maximum atomic E-state index is 8.76. The third-order valence-corrected chi connectivity index (χ3v) is 2.29. The average molecular weight is 230 g/mol. The molecule has 0 fully saturated rings. The molecule has 0 atom stereocenters. The predicted molar refractivity (Wildman–Crippen MR) is 70.6 cm³/mol. The molecule has 2 aromatic rings. The molecule has 1 N–H and O–H groups in total. The molecule has 2 rings (SSSR count). The Hall–Kier alpha value is -1.96. The minimum atomic E-state index is 0.329. The van der Waals surface area contributed by atoms with Crippen LogP contribution in [0.3, 0.4) is 0 Å². The Morgan fingerprint density at radius 2 is 1.18 bits per heavy atom. The topological polar surface area (TPSA) is 29.5 Å². The zero-order valence-electron chi connectivity index (χ0n) is 10.5. The van der Waals surface area contributed by atoms with E-state index < -0.39 is 0 Å². The van der Waals surface area contributed by atoms with Crippen molar-refractivity contribution in [3.8, 4) is 11.5 Å². The number of phenolic OH excluding ortho intramolecular Hbond substituents is 1. The van der Waals surface area contributed by atoms with E-state index in [1.807, 2.05) is 43.3 Å². The fraction of sp³-hybridized carbons (Fsp3) is 0.200. The summed E-state index contributed by atoms with van der Waals surface area (Å²) in [5, 5.41) is 8.76. The normalized spacial score (nSPS) is 9.12. The Morgan fingerprint density at radius 3 is 1.53 bits per heavy atom. The van der Waals surface area contributed by atoms with Crippen molar-refractivity contribution in [1.82, 2.24) is 0 Å². The lowest BCUT2D eigenvalue weighted by Crippen LogP contribution is -1.80. The number of phenols is 1. The summed E-state index contributed by atoms with van der Waals surface area (Å²) < 4.78 is 4.97. The molecule has 0 spiro atoms. The second-order valence-electron chi connectivity index (χ2n) is 3.85. The van der Waals surface area contributed by atoms with Gasteiger partial charge in [0.05, 0.1) is 7.11 Å². The summed E-state index contributed by atoms with van der Waals surface area (Å²) in [5.41, 5.74) is 2.43. The molecule has 0 radical (unpaired) electrons. The van der Waals surface area contributed by atoms with Gasteiger partial charge in [0.2, 0.25) is 0 Å². The van der Waals surface area contributed by atoms with Crippen molar-refractivity contribution in [2.75, 3.05) is 7.11 Å². The van der Waals surface area contributed by atoms with Crippen LogP contribution in [0, 0.1) is 13.8 Å². The summed E-state index contributed by atoms with van der Waals surface area (Å²) >= 11 is 0. The summed E-state index contributed by atoms with van der Waals surface area (Å²) in [6.45, 7) is 4.04. The van der Waals surface area contributed by atoms with Gasteiger partial charge in [-0.2, -0.15) is 0 Å². The maximum absolute atomic E-state index is 8.76. The number of hydrogen-bond acceptors (Lipinski definition) is 2. The summed E-state index contributed by atoms with van der Waals surface area (Å²) in [5.74, 6) is 1.25. The van der Waals surface area contributed by atoms with Crippen LogP contribution in [0.2, 0.25) is 0 Å². The fourth-order valence-corrected chi connectivity index (χ4v) is 1.22. The second-order valence-corrected chi connectivity index (χ2v) is 3.85. The molecule has 0 aliphatic heterocycles. The lowest BCUT2D eigenvalue weighted by Gasteiger charge is -1.97. The Labute approximate surface area is 102 Å². The summed E-state index contributed by atoms with van der Waals surface area (Å²) in [6.07, 6.45) is 0. The molecule has 0 unspecified atom stereocenters. The lowest BCUT2D eigenvalue weighted by atomic mass is 10.2. The molecule has 0 bridgehead atoms. The maximum Gasteiger partial charge on any atom is 0.118 e. The smallest absolute Gasteiger partial charge is 0.118 e. The first-order valence-corrected chi connectivity index (χ1v) is 5.48. The number of hydrogen-bond donors (Lipinski definition) is 1. The van der Waals surface area contributed by atoms with Gasteiger partial charge in [0.1, 0.15) is 11.5 Å². The summed E-state index contributed by atoms with van der Waals surface area (Å²) in [6, 6.07) is 15.1. The van der Waals surface area contributed by atoms with Crippen LogP contribution in [-0.4, -0.2) is 12.2 Å². The number of rotatable bonds is 1. The van der Waals surface area contributed by atoms with Gasteiger partial charge in [-0.3, -0.25) is 0 Å². The molecular formula is C15H18O2. The molecule has 0 aliphatic carbocycles. The van der Waals surface area contributed by atoms with Gasteiger partial charge in [-0.25, -0.2) is 0 Å². The number of benzene rings is 2. The number of aromatic hydroxyl groups is 1. The van der Waals surface area contributed by atoms with Crippen LogP contribution in [0.5, 0.6) is 11.5 Å². The number of ether oxygens (including phenoxy) is 1. The molecule has 0 saturated heterocycles. The Morgan fingerprint density at radius 1 is 0.765 bits per heavy atom. The molecule has 2 nitrogen and oxygen atoms in total. The van der Waals surface area contributed by atoms with Gasteiger partial charge in [-0.05, 0) is 38.1 Å². The van der Waals surface area contributed by atoms with Crippen LogP contribution in [0.4, 0.5) is 0 Å². The first-order valence-electron chi connectivity index (χ1n) is 5.48. The molecule has 17 heavy (non-hydrogen) atoms. The highest BCUT2D eigenvalue weighted by molar-refractivity contribution is 5.26. The first-order chi connectivity index (χ1) is 8.11. The van der Waals surface area contributed by atoms with E-state index >= 15 is 0 Å². The molecule has 0 saturated carbocycles. The number of aryl methyl sites for hydroxylation is 2. The van der Waals surface area contributed by atoms with E-state index in [0.29, 0.717) is 5.75 Å². The van der Waals surface area contributed by atoms with Crippen LogP contribution < -0.4 is 4.74 Å². The zero-order chi connectivity index (χ0) is 12.7. The molecule has 0 amide bonds. The molecule has 0 heterocycles. The third kappa shape index (κ3) is 5.07. The fourth-order valence-electron chi connectivity index (χ4n) is 1.22. The van der Waals surface area contributed by atoms with Crippen molar-refractivity contribution in [2.24, 2.45) is 0 Å². The number of methoxy groups -OCH3 is 1. The molecule has 0 aromatic heterocycles. The van der Waals surface area contributed by atoms with Gasteiger partial charge in [-0.15, -0.1) is 0 Å². The van der Waals surface area contributed by atoms with Gasteiger partial charge in [0.15, 0.2) is 0 Å². The largest absolute Gasteiger partial charge is 0.508 e. The van der Waals surface area contributed by atoms with E-state index in [1.54, 1.807) is 19.2 Å². The SMILES string of the molecule is COc1ccc(C)cc1.Cc1ccc(O)cc1. The van der Waals surface area contributed by atoms with E-state index in [-0.39, 0.29) is 0 Å². The lowest BCUT2D eigenvalue weighted by molar-refractivity contribution is 0.414. The van der Waals surface area contributed by atoms with Gasteiger partial charge >= 0.3 is 0 Å². The van der Waals surface area contributed by atoms with Crippen molar-refractivity contribution in [3.05, 3.63) is 59.7 Å². The van der Waals surface area contributed by atoms with Crippen molar-refractivity contribution in [2.45, 2.75) is 13.8 Å². The molecule has 0 aliphatic rings. The molecule has 2 heteroatoms. The minimum Gasteiger partial charge on any atom is -0.508 e. The standard InChI is InChI=1S/C8H10O.C7H8O/c1-7-3-5-8(9-2)6-4-7;1-6-2-4-7(8)5-3-6/h3-6H,1-2H3;2-5,8H,1H3. The average Bonchev–Trinajstić information content (AvgIpc) is 2.35. The summed E-state index contributed by atoms with van der Waals surface area (Å²) in [7, 11) is 1.67. The second kappa shape index (κ2) is 6.59. The Kier molecular flexibility index (Phi) is 5.08. The highest BCUT2D eigenvalue weighted by atomic mass is 16.5. The van der Waals surface area contributed by atoms with E-state index in [0.717, 1.165) is 5.75 Å². The molecule has 90 valence electrons. The van der Waals surface area contributed by atoms with Crippen LogP contribution >= 0.6 is 0 Å². The highest BCUT2D eigenvalue weighted by Crippen LogP contribution is 2.09. The Bertz CT molecular complexity index is 408. The third-order valence-electron chi connectivity index (χ3n) is 2.29. The predicted octanol–water partition coefficient (Wildman–Crippen LogP) is 3.70. The quantitative estimate of drug-likeness (QED) is 0.809. The van der Waals surface area contributed by atoms with Gasteiger partial charge in [0.25, 0.3) is 0 Å². The van der Waals surface area contributed by atoms with Gasteiger partial charge in [-0.1, -0.05) is 35.4 Å². The molecular weight excluding hydrogens is 212 g/mol. The van der Waals surface area contributed by atoms with Crippen LogP contribution in [0.1, 0.15) is 11.1 Å². The van der Waals surface area contributed by atoms with Gasteiger partial charge in [0, 0.05) is 0 Å². The Balaban J connectivity index is 0.000000171. The van der Waals surface area contributed by atoms with Crippen LogP contribution in [0.15, 0.2) is 48.5 Å². The van der Waals surface area contributed by atoms with E-state index in [4.69, 9.17) is 9.84 Å². The summed E-state index contributed by atoms with van der Waals surface area (Å²) in [4.78, 5) is 0. The van der Waals surface area contributed by atoms with E-state index in [2.05, 4.69) is 6.92 Å². The highest BCUT2D eigenvalue weighted by Gasteiger charge is 1.85. The van der Waals surface area contributed by atoms with Crippen molar-refractivity contribution < 1.29 is 9.84 Å². The van der Waals surface area contributed by atoms with Crippen molar-refractivity contribution in [3.63, 3.8) is 0 Å². The minimum absolute atomic E-state index is 0.329.